The van der Waals surface area contributed by atoms with E-state index < -0.39 is 5.79 Å². The third-order valence-electron chi connectivity index (χ3n) is 4.03. The minimum Gasteiger partial charge on any atom is -0.497 e. The molecule has 23 heavy (non-hydrogen) atoms. The lowest BCUT2D eigenvalue weighted by Gasteiger charge is -2.42. The van der Waals surface area contributed by atoms with Crippen LogP contribution in [0.4, 0.5) is 0 Å². The number of aliphatic hydroxyl groups is 1. The molecule has 0 saturated carbocycles. The third kappa shape index (κ3) is 5.46. The Morgan fingerprint density at radius 1 is 1.26 bits per heavy atom. The highest BCUT2D eigenvalue weighted by Crippen LogP contribution is 2.30. The van der Waals surface area contributed by atoms with Crippen LogP contribution in [-0.4, -0.2) is 42.9 Å². The van der Waals surface area contributed by atoms with Gasteiger partial charge in [-0.3, -0.25) is 0 Å². The molecule has 1 aliphatic heterocycles. The quantitative estimate of drug-likeness (QED) is 0.836. The molecule has 1 fully saturated rings. The van der Waals surface area contributed by atoms with Gasteiger partial charge >= 0.3 is 0 Å². The summed E-state index contributed by atoms with van der Waals surface area (Å²) in [6, 6.07) is 7.84. The summed E-state index contributed by atoms with van der Waals surface area (Å²) in [4.78, 5) is 0. The largest absolute Gasteiger partial charge is 0.497 e. The Hall–Kier alpha value is -1.14. The molecule has 0 unspecified atom stereocenters. The summed E-state index contributed by atoms with van der Waals surface area (Å²) in [7, 11) is 1.65. The van der Waals surface area contributed by atoms with E-state index in [4.69, 9.17) is 24.1 Å². The van der Waals surface area contributed by atoms with Crippen molar-refractivity contribution in [2.75, 3.05) is 13.7 Å². The Morgan fingerprint density at radius 3 is 2.57 bits per heavy atom. The molecule has 0 aliphatic carbocycles. The predicted octanol–water partition coefficient (Wildman–Crippen LogP) is 2.89. The van der Waals surface area contributed by atoms with Crippen LogP contribution in [-0.2, 0) is 20.8 Å². The Labute approximate surface area is 138 Å². The monoisotopic (exact) mass is 324 g/mol. The van der Waals surface area contributed by atoms with Crippen LogP contribution in [0.15, 0.2) is 24.3 Å². The molecule has 3 atom stereocenters. The third-order valence-corrected chi connectivity index (χ3v) is 4.03. The van der Waals surface area contributed by atoms with Gasteiger partial charge in [-0.2, -0.15) is 0 Å². The SMILES string of the molecule is COc1ccc(CO[C@H](C)[C@H]2C[C@H](CCO)OC(C)(C)O2)cc1. The van der Waals surface area contributed by atoms with Gasteiger partial charge in [0.05, 0.1) is 32.0 Å². The molecule has 130 valence electrons. The van der Waals surface area contributed by atoms with Gasteiger partial charge in [-0.15, -0.1) is 0 Å². The van der Waals surface area contributed by atoms with Crippen LogP contribution in [0.3, 0.4) is 0 Å². The van der Waals surface area contributed by atoms with E-state index in [1.54, 1.807) is 7.11 Å². The molecule has 1 aromatic carbocycles. The van der Waals surface area contributed by atoms with E-state index >= 15 is 0 Å². The standard InChI is InChI=1S/C18H28O5/c1-13(21-12-14-5-7-15(20-4)8-6-14)17-11-16(9-10-19)22-18(2,3)23-17/h5-8,13,16-17,19H,9-12H2,1-4H3/t13-,16+,17-/m1/s1. The van der Waals surface area contributed by atoms with Crippen molar-refractivity contribution in [2.24, 2.45) is 0 Å². The van der Waals surface area contributed by atoms with E-state index in [1.165, 1.54) is 0 Å². The second-order valence-electron chi connectivity index (χ2n) is 6.41. The summed E-state index contributed by atoms with van der Waals surface area (Å²) in [5, 5.41) is 9.15. The van der Waals surface area contributed by atoms with E-state index in [0.717, 1.165) is 17.7 Å². The number of hydrogen-bond acceptors (Lipinski definition) is 5. The highest BCUT2D eigenvalue weighted by Gasteiger charge is 2.37. The summed E-state index contributed by atoms with van der Waals surface area (Å²) < 4.78 is 22.9. The lowest BCUT2D eigenvalue weighted by Crippen LogP contribution is -2.49. The van der Waals surface area contributed by atoms with Crippen LogP contribution in [0.25, 0.3) is 0 Å². The van der Waals surface area contributed by atoms with Gasteiger partial charge in [-0.25, -0.2) is 0 Å². The van der Waals surface area contributed by atoms with Gasteiger partial charge in [-0.1, -0.05) is 12.1 Å². The molecule has 0 bridgehead atoms. The Balaban J connectivity index is 1.89. The van der Waals surface area contributed by atoms with Gasteiger partial charge in [0.2, 0.25) is 0 Å². The first-order valence-electron chi connectivity index (χ1n) is 8.14. The van der Waals surface area contributed by atoms with Crippen molar-refractivity contribution < 1.29 is 24.1 Å². The smallest absolute Gasteiger partial charge is 0.163 e. The summed E-state index contributed by atoms with van der Waals surface area (Å²) in [6.45, 7) is 6.47. The van der Waals surface area contributed by atoms with Gasteiger partial charge in [-0.05, 0) is 44.9 Å². The van der Waals surface area contributed by atoms with Crippen molar-refractivity contribution >= 4 is 0 Å². The lowest BCUT2D eigenvalue weighted by atomic mass is 10.0. The highest BCUT2D eigenvalue weighted by molar-refractivity contribution is 5.26. The molecule has 1 heterocycles. The van der Waals surface area contributed by atoms with Crippen molar-refractivity contribution in [3.05, 3.63) is 29.8 Å². The van der Waals surface area contributed by atoms with Gasteiger partial charge in [0.15, 0.2) is 5.79 Å². The van der Waals surface area contributed by atoms with Crippen LogP contribution in [0.2, 0.25) is 0 Å². The van der Waals surface area contributed by atoms with Gasteiger partial charge in [0.1, 0.15) is 5.75 Å². The first kappa shape index (κ1) is 18.2. The fourth-order valence-electron chi connectivity index (χ4n) is 2.81. The van der Waals surface area contributed by atoms with Crippen molar-refractivity contribution in [2.45, 2.75) is 64.3 Å². The van der Waals surface area contributed by atoms with E-state index in [-0.39, 0.29) is 24.9 Å². The van der Waals surface area contributed by atoms with Crippen LogP contribution >= 0.6 is 0 Å². The Kier molecular flexibility index (Phi) is 6.41. The zero-order chi connectivity index (χ0) is 16.9. The molecule has 0 radical (unpaired) electrons. The summed E-state index contributed by atoms with van der Waals surface area (Å²) >= 11 is 0. The maximum atomic E-state index is 9.15. The van der Waals surface area contributed by atoms with Gasteiger partial charge < -0.3 is 24.1 Å². The van der Waals surface area contributed by atoms with Crippen molar-refractivity contribution in [1.29, 1.82) is 0 Å². The average Bonchev–Trinajstić information content (AvgIpc) is 2.52. The van der Waals surface area contributed by atoms with Gasteiger partial charge in [0, 0.05) is 13.0 Å². The van der Waals surface area contributed by atoms with Crippen LogP contribution < -0.4 is 4.74 Å². The fourth-order valence-corrected chi connectivity index (χ4v) is 2.81. The number of methoxy groups -OCH3 is 1. The number of rotatable bonds is 7. The summed E-state index contributed by atoms with van der Waals surface area (Å²) in [6.07, 6.45) is 1.25. The zero-order valence-electron chi connectivity index (χ0n) is 14.5. The maximum Gasteiger partial charge on any atom is 0.163 e. The topological polar surface area (TPSA) is 57.2 Å². The lowest BCUT2D eigenvalue weighted by molar-refractivity contribution is -0.315. The molecule has 5 heteroatoms. The molecular weight excluding hydrogens is 296 g/mol. The number of benzene rings is 1. The molecule has 1 aromatic rings. The second-order valence-corrected chi connectivity index (χ2v) is 6.41. The summed E-state index contributed by atoms with van der Waals surface area (Å²) in [5.41, 5.74) is 1.09. The minimum absolute atomic E-state index is 0.000728. The number of ether oxygens (including phenoxy) is 4. The van der Waals surface area contributed by atoms with E-state index in [1.807, 2.05) is 45.0 Å². The average molecular weight is 324 g/mol. The molecule has 0 aromatic heterocycles. The predicted molar refractivity (Wildman–Crippen MR) is 87.4 cm³/mol. The first-order valence-corrected chi connectivity index (χ1v) is 8.14. The second kappa shape index (κ2) is 8.11. The van der Waals surface area contributed by atoms with Crippen molar-refractivity contribution in [3.63, 3.8) is 0 Å². The molecule has 0 amide bonds. The molecule has 2 rings (SSSR count). The van der Waals surface area contributed by atoms with Crippen LogP contribution in [0.5, 0.6) is 5.75 Å². The maximum absolute atomic E-state index is 9.15. The molecular formula is C18H28O5. The summed E-state index contributed by atoms with van der Waals surface area (Å²) in [5.74, 6) is 0.184. The van der Waals surface area contributed by atoms with E-state index in [2.05, 4.69) is 0 Å². The number of aliphatic hydroxyl groups excluding tert-OH is 1. The molecule has 1 N–H and O–H groups in total. The molecule has 5 nitrogen and oxygen atoms in total. The molecule has 1 aliphatic rings. The Bertz CT molecular complexity index is 471. The van der Waals surface area contributed by atoms with E-state index in [9.17, 15) is 0 Å². The zero-order valence-corrected chi connectivity index (χ0v) is 14.5. The highest BCUT2D eigenvalue weighted by atomic mass is 16.7. The van der Waals surface area contributed by atoms with Crippen molar-refractivity contribution in [1.82, 2.24) is 0 Å². The van der Waals surface area contributed by atoms with Crippen LogP contribution in [0.1, 0.15) is 39.2 Å². The first-order chi connectivity index (χ1) is 10.9. The van der Waals surface area contributed by atoms with Gasteiger partial charge in [0.25, 0.3) is 0 Å². The minimum atomic E-state index is -0.652. The van der Waals surface area contributed by atoms with E-state index in [0.29, 0.717) is 13.0 Å². The molecule has 1 saturated heterocycles. The normalized spacial score (nSPS) is 25.1. The van der Waals surface area contributed by atoms with Crippen molar-refractivity contribution in [3.8, 4) is 5.75 Å². The fraction of sp³-hybridized carbons (Fsp3) is 0.667. The van der Waals surface area contributed by atoms with Crippen LogP contribution in [0, 0.1) is 0 Å². The Morgan fingerprint density at radius 2 is 1.96 bits per heavy atom. The number of hydrogen-bond donors (Lipinski definition) is 1. The molecule has 0 spiro atoms.